The first-order valence-electron chi connectivity index (χ1n) is 16.1. The van der Waals surface area contributed by atoms with Gasteiger partial charge in [0.15, 0.2) is 0 Å². The lowest BCUT2D eigenvalue weighted by molar-refractivity contribution is 0.0695. The van der Waals surface area contributed by atoms with Crippen molar-refractivity contribution >= 4 is 45.9 Å². The molecule has 12 nitrogen and oxygen atoms in total. The molecule has 0 bridgehead atoms. The number of likely N-dealkylation sites (N-methyl/N-ethyl adjacent to an activating group) is 1. The number of aromatic amines is 1. The minimum Gasteiger partial charge on any atom is -0.477 e. The van der Waals surface area contributed by atoms with Crippen LogP contribution in [0, 0.1) is 5.82 Å². The number of dihydropyridines is 1. The number of aromatic carboxylic acids is 1. The summed E-state index contributed by atoms with van der Waals surface area (Å²) in [5, 5.41) is 10.2. The highest BCUT2D eigenvalue weighted by atomic mass is 35.5. The maximum atomic E-state index is 16.2. The molecular weight excluding hydrogens is 653 g/mol. The number of H-pyrrole nitrogens is 1. The lowest BCUT2D eigenvalue weighted by atomic mass is 9.98. The number of carboxylic acid groups (broad SMARTS) is 1. The number of rotatable bonds is 8. The minimum atomic E-state index is -1.41. The Kier molecular flexibility index (Phi) is 8.72. The van der Waals surface area contributed by atoms with Gasteiger partial charge in [0.1, 0.15) is 23.8 Å². The summed E-state index contributed by atoms with van der Waals surface area (Å²) >= 11 is 6.35. The third-order valence-corrected chi connectivity index (χ3v) is 9.87. The van der Waals surface area contributed by atoms with Crippen molar-refractivity contribution in [2.24, 2.45) is 4.99 Å². The summed E-state index contributed by atoms with van der Waals surface area (Å²) < 4.78 is 23.8. The Morgan fingerprint density at radius 2 is 1.98 bits per heavy atom. The third kappa shape index (κ3) is 6.31. The molecule has 254 valence electrons. The third-order valence-electron chi connectivity index (χ3n) is 9.56. The predicted molar refractivity (Wildman–Crippen MR) is 186 cm³/mol. The first-order valence-corrected chi connectivity index (χ1v) is 16.4. The van der Waals surface area contributed by atoms with Crippen LogP contribution < -0.4 is 20.8 Å². The van der Waals surface area contributed by atoms with E-state index in [0.717, 1.165) is 37.0 Å². The average Bonchev–Trinajstić information content (AvgIpc) is 3.48. The normalized spacial score (nSPS) is 19.6. The van der Waals surface area contributed by atoms with Crippen molar-refractivity contribution in [1.29, 1.82) is 0 Å². The molecule has 0 aliphatic carbocycles. The molecule has 3 aliphatic heterocycles. The van der Waals surface area contributed by atoms with Crippen LogP contribution in [-0.2, 0) is 4.74 Å². The summed E-state index contributed by atoms with van der Waals surface area (Å²) in [6.07, 6.45) is 7.69. The molecular formula is C35H35ClFN7O5. The number of anilines is 2. The van der Waals surface area contributed by atoms with Crippen LogP contribution in [0.15, 0.2) is 80.7 Å². The second kappa shape index (κ2) is 13.1. The number of benzene rings is 1. The number of aliphatic imine (C=N–C) groups is 1. The standard InChI is InChI=1S/C35H35ClFN7O5/c1-41(2)24-16-42(17-24)31-7-6-22(14-39-31)44-18-26(35(47)48)33(46)25-11-28(37)30(12-29(25)44)43-15-21(20-5-8-32(45)40-13-20)10-23(43)19-49-34-27(36)4-3-9-38-34/h4-8,11-14,18,21,23-24H,3,9-10,15-17,19H2,1-2H3,(H,40,45)(H,47,48)/t21?,23-/m1/s1. The van der Waals surface area contributed by atoms with E-state index in [1.54, 1.807) is 29.1 Å². The van der Waals surface area contributed by atoms with Crippen LogP contribution >= 0.6 is 11.6 Å². The van der Waals surface area contributed by atoms with Gasteiger partial charge in [-0.15, -0.1) is 0 Å². The Balaban J connectivity index is 1.28. The molecule has 3 aromatic heterocycles. The molecule has 7 rings (SSSR count). The summed E-state index contributed by atoms with van der Waals surface area (Å²) in [6.45, 7) is 2.77. The highest BCUT2D eigenvalue weighted by Gasteiger charge is 2.36. The number of carboxylic acids is 1. The minimum absolute atomic E-state index is 0.0699. The van der Waals surface area contributed by atoms with Gasteiger partial charge < -0.3 is 34.1 Å². The second-order valence-corrected chi connectivity index (χ2v) is 13.2. The molecule has 3 aliphatic rings. The Labute approximate surface area is 285 Å². The Morgan fingerprint density at radius 3 is 2.65 bits per heavy atom. The monoisotopic (exact) mass is 687 g/mol. The van der Waals surface area contributed by atoms with Crippen molar-refractivity contribution in [2.45, 2.75) is 30.8 Å². The van der Waals surface area contributed by atoms with Crippen molar-refractivity contribution in [1.82, 2.24) is 19.4 Å². The summed E-state index contributed by atoms with van der Waals surface area (Å²) in [7, 11) is 4.08. The molecule has 0 radical (unpaired) electrons. The Hall–Kier alpha value is -5.01. The maximum Gasteiger partial charge on any atom is 0.341 e. The number of hydrogen-bond donors (Lipinski definition) is 2. The lowest BCUT2D eigenvalue weighted by Gasteiger charge is -2.43. The Morgan fingerprint density at radius 1 is 1.16 bits per heavy atom. The van der Waals surface area contributed by atoms with E-state index < -0.39 is 22.8 Å². The van der Waals surface area contributed by atoms with E-state index in [1.165, 1.54) is 12.3 Å². The highest BCUT2D eigenvalue weighted by molar-refractivity contribution is 6.42. The van der Waals surface area contributed by atoms with Gasteiger partial charge in [0.05, 0.1) is 34.2 Å². The van der Waals surface area contributed by atoms with Crippen molar-refractivity contribution in [3.8, 4) is 5.69 Å². The van der Waals surface area contributed by atoms with Crippen molar-refractivity contribution < 1.29 is 19.0 Å². The van der Waals surface area contributed by atoms with Gasteiger partial charge in [-0.1, -0.05) is 23.7 Å². The highest BCUT2D eigenvalue weighted by Crippen LogP contribution is 2.38. The van der Waals surface area contributed by atoms with Gasteiger partial charge in [0.2, 0.25) is 16.9 Å². The quantitative estimate of drug-likeness (QED) is 0.282. The fraction of sp³-hybridized carbons (Fsp3) is 0.343. The molecule has 1 aromatic carbocycles. The van der Waals surface area contributed by atoms with E-state index in [9.17, 15) is 19.5 Å². The fourth-order valence-corrected chi connectivity index (χ4v) is 6.92. The van der Waals surface area contributed by atoms with Gasteiger partial charge in [-0.2, -0.15) is 0 Å². The van der Waals surface area contributed by atoms with Crippen LogP contribution in [-0.4, -0.2) is 95.4 Å². The number of carbonyl (C=O) groups is 1. The van der Waals surface area contributed by atoms with E-state index >= 15 is 4.39 Å². The number of nitrogens with one attached hydrogen (secondary N) is 1. The number of ether oxygens (including phenoxy) is 1. The van der Waals surface area contributed by atoms with E-state index in [2.05, 4.69) is 24.8 Å². The van der Waals surface area contributed by atoms with Crippen LogP contribution in [0.3, 0.4) is 0 Å². The number of hydrogen-bond acceptors (Lipinski definition) is 9. The molecule has 0 saturated carbocycles. The van der Waals surface area contributed by atoms with Gasteiger partial charge in [0, 0.05) is 62.0 Å². The van der Waals surface area contributed by atoms with Crippen LogP contribution in [0.1, 0.15) is 34.7 Å². The maximum absolute atomic E-state index is 16.2. The van der Waals surface area contributed by atoms with Crippen LogP contribution in [0.25, 0.3) is 16.6 Å². The number of pyridine rings is 3. The van der Waals surface area contributed by atoms with Gasteiger partial charge in [-0.25, -0.2) is 14.2 Å². The SMILES string of the molecule is CN(C)C1CN(c2ccc(-n3cc(C(=O)O)c(=O)c4cc(F)c(N5CC(c6ccc(=O)[nH]c6)C[C@@H]5COC5=NCCC=C5Cl)cc43)cn2)C1. The van der Waals surface area contributed by atoms with E-state index in [0.29, 0.717) is 47.7 Å². The van der Waals surface area contributed by atoms with E-state index in [1.807, 2.05) is 37.2 Å². The smallest absolute Gasteiger partial charge is 0.341 e. The zero-order chi connectivity index (χ0) is 34.4. The van der Waals surface area contributed by atoms with Crippen LogP contribution in [0.4, 0.5) is 15.9 Å². The first-order chi connectivity index (χ1) is 23.6. The summed E-state index contributed by atoms with van der Waals surface area (Å²) in [5.74, 6) is -1.06. The molecule has 2 atom stereocenters. The van der Waals surface area contributed by atoms with Gasteiger partial charge in [0.25, 0.3) is 0 Å². The zero-order valence-electron chi connectivity index (χ0n) is 27.0. The molecule has 1 unspecified atom stereocenters. The average molecular weight is 688 g/mol. The second-order valence-electron chi connectivity index (χ2n) is 12.8. The fourth-order valence-electron chi connectivity index (χ4n) is 6.69. The predicted octanol–water partition coefficient (Wildman–Crippen LogP) is 3.97. The number of fused-ring (bicyclic) bond motifs is 1. The van der Waals surface area contributed by atoms with Gasteiger partial charge in [-0.05, 0) is 56.8 Å². The van der Waals surface area contributed by atoms with Crippen LogP contribution in [0.2, 0.25) is 0 Å². The van der Waals surface area contributed by atoms with Crippen LogP contribution in [0.5, 0.6) is 0 Å². The Bertz CT molecular complexity index is 2090. The summed E-state index contributed by atoms with van der Waals surface area (Å²) in [5.41, 5.74) is 0.456. The summed E-state index contributed by atoms with van der Waals surface area (Å²) in [6, 6.07) is 9.67. The molecule has 4 aromatic rings. The zero-order valence-corrected chi connectivity index (χ0v) is 27.7. The van der Waals surface area contributed by atoms with Crippen molar-refractivity contribution in [3.63, 3.8) is 0 Å². The van der Waals surface area contributed by atoms with Crippen molar-refractivity contribution in [3.05, 3.63) is 104 Å². The molecule has 0 spiro atoms. The molecule has 2 saturated heterocycles. The lowest BCUT2D eigenvalue weighted by Crippen LogP contribution is -2.57. The van der Waals surface area contributed by atoms with Gasteiger partial charge in [-0.3, -0.25) is 14.6 Å². The summed E-state index contributed by atoms with van der Waals surface area (Å²) in [4.78, 5) is 55.2. The van der Waals surface area contributed by atoms with E-state index in [-0.39, 0.29) is 35.2 Å². The molecule has 14 heteroatoms. The first kappa shape index (κ1) is 32.5. The largest absolute Gasteiger partial charge is 0.477 e. The van der Waals surface area contributed by atoms with Gasteiger partial charge >= 0.3 is 5.97 Å². The number of nitrogens with zero attached hydrogens (tertiary/aromatic N) is 6. The molecule has 2 fully saturated rings. The molecule has 2 N–H and O–H groups in total. The van der Waals surface area contributed by atoms with Crippen molar-refractivity contribution in [2.75, 3.05) is 56.7 Å². The molecule has 49 heavy (non-hydrogen) atoms. The number of aromatic nitrogens is 3. The topological polar surface area (TPSA) is 136 Å². The number of halogens is 2. The molecule has 0 amide bonds. The van der Waals surface area contributed by atoms with E-state index in [4.69, 9.17) is 16.3 Å². The molecule has 6 heterocycles.